The zero-order valence-corrected chi connectivity index (χ0v) is 14.5. The van der Waals surface area contributed by atoms with Crippen LogP contribution >= 0.6 is 0 Å². The van der Waals surface area contributed by atoms with Crippen molar-refractivity contribution in [3.63, 3.8) is 0 Å². The Hall–Kier alpha value is -2.70. The Morgan fingerprint density at radius 1 is 1.19 bits per heavy atom. The van der Waals surface area contributed by atoms with Gasteiger partial charge in [0, 0.05) is 31.4 Å². The molecule has 0 aliphatic heterocycles. The van der Waals surface area contributed by atoms with Crippen molar-refractivity contribution in [1.82, 2.24) is 14.9 Å². The van der Waals surface area contributed by atoms with Gasteiger partial charge < -0.3 is 15.2 Å². The molecule has 1 fully saturated rings. The van der Waals surface area contributed by atoms with E-state index in [0.717, 1.165) is 25.7 Å². The van der Waals surface area contributed by atoms with Crippen LogP contribution < -0.4 is 16.0 Å². The highest BCUT2D eigenvalue weighted by atomic mass is 16.4. The average molecular weight is 356 g/mol. The van der Waals surface area contributed by atoms with E-state index in [1.807, 2.05) is 18.2 Å². The number of amides is 1. The highest BCUT2D eigenvalue weighted by molar-refractivity contribution is 5.79. The van der Waals surface area contributed by atoms with Gasteiger partial charge in [0.2, 0.25) is 5.91 Å². The minimum atomic E-state index is -1.16. The average Bonchev–Trinajstić information content (AvgIpc) is 2.64. The fourth-order valence-corrected chi connectivity index (χ4v) is 3.55. The van der Waals surface area contributed by atoms with Crippen molar-refractivity contribution < 1.29 is 14.7 Å². The summed E-state index contributed by atoms with van der Waals surface area (Å²) in [5, 5.41) is 13.7. The third-order valence-corrected chi connectivity index (χ3v) is 5.03. The summed E-state index contributed by atoms with van der Waals surface area (Å²) < 4.78 is 1.66. The maximum absolute atomic E-state index is 12.6. The molecule has 1 saturated carbocycles. The minimum absolute atomic E-state index is 0.0299. The normalized spacial score (nSPS) is 20.0. The number of aliphatic carboxylic acids is 1. The number of benzene rings is 1. The largest absolute Gasteiger partial charge is 0.550 e. The van der Waals surface area contributed by atoms with Gasteiger partial charge in [-0.25, -0.2) is 4.98 Å². The molecule has 1 aliphatic carbocycles. The second-order valence-electron chi connectivity index (χ2n) is 6.85. The van der Waals surface area contributed by atoms with Crippen molar-refractivity contribution in [3.8, 4) is 0 Å². The molecule has 2 aromatic rings. The van der Waals surface area contributed by atoms with E-state index in [9.17, 15) is 19.5 Å². The number of para-hydroxylation sites is 1. The first kappa shape index (κ1) is 18.1. The van der Waals surface area contributed by atoms with Crippen molar-refractivity contribution in [3.05, 3.63) is 40.9 Å². The van der Waals surface area contributed by atoms with Gasteiger partial charge in [-0.15, -0.1) is 0 Å². The molecule has 1 aliphatic rings. The lowest BCUT2D eigenvalue weighted by Gasteiger charge is -2.28. The molecule has 138 valence electrons. The van der Waals surface area contributed by atoms with Crippen LogP contribution in [-0.4, -0.2) is 28.0 Å². The lowest BCUT2D eigenvalue weighted by atomic mass is 9.81. The summed E-state index contributed by atoms with van der Waals surface area (Å²) in [5.74, 6) is -1.000. The molecule has 1 N–H and O–H groups in total. The van der Waals surface area contributed by atoms with E-state index in [1.54, 1.807) is 17.0 Å². The maximum atomic E-state index is 12.6. The molecule has 3 rings (SSSR count). The van der Waals surface area contributed by atoms with Gasteiger partial charge in [-0.05, 0) is 43.7 Å². The number of carbonyl (C=O) groups excluding carboxylic acids is 2. The highest BCUT2D eigenvalue weighted by Crippen LogP contribution is 2.29. The highest BCUT2D eigenvalue weighted by Gasteiger charge is 2.26. The molecule has 1 heterocycles. The number of nitrogens with one attached hydrogen (secondary N) is 1. The van der Waals surface area contributed by atoms with Gasteiger partial charge in [-0.2, -0.15) is 0 Å². The van der Waals surface area contributed by atoms with Crippen LogP contribution in [-0.2, 0) is 16.1 Å². The van der Waals surface area contributed by atoms with Crippen LogP contribution in [0.4, 0.5) is 0 Å². The van der Waals surface area contributed by atoms with E-state index in [4.69, 9.17) is 0 Å². The Balaban J connectivity index is 1.54. The van der Waals surface area contributed by atoms with Crippen molar-refractivity contribution in [2.24, 2.45) is 11.8 Å². The number of carboxylic acids is 1. The molecular weight excluding hydrogens is 334 g/mol. The lowest BCUT2D eigenvalue weighted by molar-refractivity contribution is -0.305. The summed E-state index contributed by atoms with van der Waals surface area (Å²) in [6.07, 6.45) is 4.65. The zero-order chi connectivity index (χ0) is 18.5. The molecule has 7 heteroatoms. The summed E-state index contributed by atoms with van der Waals surface area (Å²) in [4.78, 5) is 39.3. The van der Waals surface area contributed by atoms with E-state index in [0.29, 0.717) is 23.4 Å². The van der Waals surface area contributed by atoms with Gasteiger partial charge in [-0.1, -0.05) is 12.1 Å². The molecule has 1 amide bonds. The SMILES string of the molecule is O=C([O-])CCNC(=O)C1CCC(Cn2cnc3ccccc3c2=O)CC1. The first-order valence-electron chi connectivity index (χ1n) is 8.96. The summed E-state index contributed by atoms with van der Waals surface area (Å²) in [7, 11) is 0. The number of carboxylic acid groups (broad SMARTS) is 1. The Bertz CT molecular complexity index is 853. The van der Waals surface area contributed by atoms with E-state index in [2.05, 4.69) is 10.3 Å². The number of hydrogen-bond acceptors (Lipinski definition) is 5. The third-order valence-electron chi connectivity index (χ3n) is 5.03. The first-order valence-corrected chi connectivity index (χ1v) is 8.96. The minimum Gasteiger partial charge on any atom is -0.550 e. The Morgan fingerprint density at radius 3 is 2.65 bits per heavy atom. The first-order chi connectivity index (χ1) is 12.5. The second kappa shape index (κ2) is 8.12. The standard InChI is InChI=1S/C19H23N3O4/c23-17(24)9-10-20-18(25)14-7-5-13(6-8-14)11-22-12-21-16-4-2-1-3-15(16)19(22)26/h1-4,12-14H,5-11H2,(H,20,25)(H,23,24)/p-1. The number of nitrogens with zero attached hydrogens (tertiary/aromatic N) is 2. The number of carbonyl (C=O) groups is 2. The molecule has 0 bridgehead atoms. The molecule has 0 spiro atoms. The molecule has 0 saturated heterocycles. The van der Waals surface area contributed by atoms with Crippen molar-refractivity contribution in [2.45, 2.75) is 38.6 Å². The topological polar surface area (TPSA) is 104 Å². The van der Waals surface area contributed by atoms with Crippen LogP contribution in [0.15, 0.2) is 35.4 Å². The van der Waals surface area contributed by atoms with Crippen molar-refractivity contribution in [1.29, 1.82) is 0 Å². The van der Waals surface area contributed by atoms with Crippen LogP contribution in [0.2, 0.25) is 0 Å². The summed E-state index contributed by atoms with van der Waals surface area (Å²) in [5.41, 5.74) is 0.670. The van der Waals surface area contributed by atoms with Gasteiger partial charge in [0.1, 0.15) is 0 Å². The van der Waals surface area contributed by atoms with Crippen LogP contribution in [0.3, 0.4) is 0 Å². The third kappa shape index (κ3) is 4.28. The molecule has 7 nitrogen and oxygen atoms in total. The fourth-order valence-electron chi connectivity index (χ4n) is 3.55. The van der Waals surface area contributed by atoms with Gasteiger partial charge in [0.05, 0.1) is 17.2 Å². The summed E-state index contributed by atoms with van der Waals surface area (Å²) >= 11 is 0. The van der Waals surface area contributed by atoms with Crippen LogP contribution in [0.1, 0.15) is 32.1 Å². The summed E-state index contributed by atoms with van der Waals surface area (Å²) in [6.45, 7) is 0.717. The van der Waals surface area contributed by atoms with Crippen LogP contribution in [0.25, 0.3) is 10.9 Å². The smallest absolute Gasteiger partial charge is 0.261 e. The number of aromatic nitrogens is 2. The van der Waals surface area contributed by atoms with E-state index < -0.39 is 5.97 Å². The maximum Gasteiger partial charge on any atom is 0.261 e. The van der Waals surface area contributed by atoms with Gasteiger partial charge in [0.25, 0.3) is 5.56 Å². The van der Waals surface area contributed by atoms with Crippen molar-refractivity contribution >= 4 is 22.8 Å². The molecule has 1 aromatic carbocycles. The van der Waals surface area contributed by atoms with Crippen LogP contribution in [0, 0.1) is 11.8 Å². The van der Waals surface area contributed by atoms with Crippen LogP contribution in [0.5, 0.6) is 0 Å². The van der Waals surface area contributed by atoms with Crippen molar-refractivity contribution in [2.75, 3.05) is 6.54 Å². The lowest BCUT2D eigenvalue weighted by Crippen LogP contribution is -2.36. The molecule has 0 atom stereocenters. The molecular formula is C19H22N3O4-. The van der Waals surface area contributed by atoms with E-state index >= 15 is 0 Å². The number of fused-ring (bicyclic) bond motifs is 1. The molecule has 0 unspecified atom stereocenters. The predicted molar refractivity (Wildman–Crippen MR) is 94.1 cm³/mol. The predicted octanol–water partition coefficient (Wildman–Crippen LogP) is 0.459. The number of rotatable bonds is 6. The summed E-state index contributed by atoms with van der Waals surface area (Å²) in [6, 6.07) is 7.30. The molecule has 26 heavy (non-hydrogen) atoms. The quantitative estimate of drug-likeness (QED) is 0.810. The Morgan fingerprint density at radius 2 is 1.92 bits per heavy atom. The Labute approximate surface area is 151 Å². The molecule has 0 radical (unpaired) electrons. The zero-order valence-electron chi connectivity index (χ0n) is 14.5. The molecule has 1 aromatic heterocycles. The second-order valence-corrected chi connectivity index (χ2v) is 6.85. The number of hydrogen-bond donors (Lipinski definition) is 1. The van der Waals surface area contributed by atoms with E-state index in [-0.39, 0.29) is 30.3 Å². The fraction of sp³-hybridized carbons (Fsp3) is 0.474. The Kier molecular flexibility index (Phi) is 5.65. The van der Waals surface area contributed by atoms with Gasteiger partial charge >= 0.3 is 0 Å². The van der Waals surface area contributed by atoms with Gasteiger partial charge in [0.15, 0.2) is 0 Å². The van der Waals surface area contributed by atoms with Gasteiger partial charge in [-0.3, -0.25) is 14.2 Å². The monoisotopic (exact) mass is 356 g/mol. The van der Waals surface area contributed by atoms with E-state index in [1.165, 1.54) is 0 Å².